The first kappa shape index (κ1) is 16.7. The summed E-state index contributed by atoms with van der Waals surface area (Å²) in [5.41, 5.74) is 5.55. The molecule has 0 aliphatic carbocycles. The zero-order valence-corrected chi connectivity index (χ0v) is 12.5. The molecule has 0 radical (unpaired) electrons. The highest BCUT2D eigenvalue weighted by atomic mass is 33.1. The van der Waals surface area contributed by atoms with Crippen LogP contribution in [0.3, 0.4) is 0 Å². The van der Waals surface area contributed by atoms with E-state index in [9.17, 15) is 4.79 Å². The van der Waals surface area contributed by atoms with Crippen LogP contribution in [0.25, 0.3) is 0 Å². The molecule has 0 saturated carbocycles. The first-order valence-electron chi connectivity index (χ1n) is 5.91. The zero-order chi connectivity index (χ0) is 14.6. The third-order valence-electron chi connectivity index (χ3n) is 1.90. The first-order valence-corrected chi connectivity index (χ1v) is 8.40. The molecule has 1 aromatic rings. The van der Waals surface area contributed by atoms with Gasteiger partial charge < -0.3 is 15.6 Å². The van der Waals surface area contributed by atoms with Crippen molar-refractivity contribution in [3.05, 3.63) is 30.3 Å². The number of guanidine groups is 1. The second-order valence-electron chi connectivity index (χ2n) is 3.46. The molecular weight excluding hydrogens is 298 g/mol. The molecule has 6 nitrogen and oxygen atoms in total. The van der Waals surface area contributed by atoms with Crippen molar-refractivity contribution >= 4 is 33.6 Å². The smallest absolute Gasteiger partial charge is 0.410 e. The Balaban J connectivity index is 2.20. The highest BCUT2D eigenvalue weighted by Gasteiger charge is 2.04. The summed E-state index contributed by atoms with van der Waals surface area (Å²) in [6, 6.07) is 8.69. The van der Waals surface area contributed by atoms with Gasteiger partial charge in [-0.15, -0.1) is 0 Å². The Hall–Kier alpha value is -1.38. The minimum atomic E-state index is -0.667. The molecule has 0 spiro atoms. The number of amides is 1. The Morgan fingerprint density at radius 2 is 2.00 bits per heavy atom. The van der Waals surface area contributed by atoms with Gasteiger partial charge in [-0.25, -0.2) is 4.79 Å². The molecule has 1 amide bonds. The second-order valence-corrected chi connectivity index (χ2v) is 6.16. The van der Waals surface area contributed by atoms with E-state index in [2.05, 4.69) is 10.3 Å². The topological polar surface area (TPSA) is 96.9 Å². The van der Waals surface area contributed by atoms with Gasteiger partial charge in [0, 0.05) is 11.5 Å². The predicted molar refractivity (Wildman–Crippen MR) is 84.1 cm³/mol. The summed E-state index contributed by atoms with van der Waals surface area (Å²) >= 11 is 0. The highest BCUT2D eigenvalue weighted by molar-refractivity contribution is 8.76. The number of carbonyl (C=O) groups excluding carboxylic acids is 1. The Labute approximate surface area is 125 Å². The van der Waals surface area contributed by atoms with Gasteiger partial charge in [0.05, 0.1) is 13.2 Å². The van der Waals surface area contributed by atoms with E-state index in [0.717, 1.165) is 5.75 Å². The number of aliphatic hydroxyl groups is 1. The maximum absolute atomic E-state index is 11.5. The molecule has 0 aromatic heterocycles. The van der Waals surface area contributed by atoms with Crippen molar-refractivity contribution in [2.24, 2.45) is 10.7 Å². The highest BCUT2D eigenvalue weighted by Crippen LogP contribution is 2.19. The summed E-state index contributed by atoms with van der Waals surface area (Å²) < 4.78 is 5.00. The largest absolute Gasteiger partial charge is 0.419 e. The number of ether oxygens (including phenoxy) is 1. The molecule has 110 valence electrons. The van der Waals surface area contributed by atoms with Crippen molar-refractivity contribution in [1.82, 2.24) is 5.32 Å². The second kappa shape index (κ2) is 10.4. The fraction of sp³-hybridized carbons (Fsp3) is 0.333. The van der Waals surface area contributed by atoms with Gasteiger partial charge in [0.2, 0.25) is 0 Å². The summed E-state index contributed by atoms with van der Waals surface area (Å²) in [5.74, 6) is 1.90. The molecule has 8 heteroatoms. The van der Waals surface area contributed by atoms with Gasteiger partial charge in [0.1, 0.15) is 5.75 Å². The quantitative estimate of drug-likeness (QED) is 0.305. The number of aliphatic hydroxyl groups excluding tert-OH is 1. The van der Waals surface area contributed by atoms with Crippen LogP contribution in [-0.2, 0) is 0 Å². The Morgan fingerprint density at radius 1 is 1.30 bits per heavy atom. The van der Waals surface area contributed by atoms with Gasteiger partial charge in [-0.2, -0.15) is 0 Å². The van der Waals surface area contributed by atoms with Crippen molar-refractivity contribution in [3.8, 4) is 5.75 Å². The van der Waals surface area contributed by atoms with Gasteiger partial charge in [-0.3, -0.25) is 10.3 Å². The lowest BCUT2D eigenvalue weighted by Crippen LogP contribution is -2.38. The Morgan fingerprint density at radius 3 is 2.70 bits per heavy atom. The van der Waals surface area contributed by atoms with Crippen LogP contribution < -0.4 is 15.8 Å². The fourth-order valence-electron chi connectivity index (χ4n) is 1.12. The normalized spacial score (nSPS) is 11.2. The molecule has 0 saturated heterocycles. The minimum Gasteiger partial charge on any atom is -0.410 e. The van der Waals surface area contributed by atoms with E-state index in [1.165, 1.54) is 0 Å². The van der Waals surface area contributed by atoms with E-state index in [1.54, 1.807) is 45.9 Å². The molecule has 0 bridgehead atoms. The average Bonchev–Trinajstić information content (AvgIpc) is 2.43. The number of nitrogens with one attached hydrogen (secondary N) is 1. The average molecular weight is 315 g/mol. The van der Waals surface area contributed by atoms with Crippen LogP contribution in [0.15, 0.2) is 35.3 Å². The summed E-state index contributed by atoms with van der Waals surface area (Å²) in [6.45, 7) is 0.649. The van der Waals surface area contributed by atoms with Crippen LogP contribution >= 0.6 is 21.6 Å². The molecule has 0 fully saturated rings. The Kier molecular flexibility index (Phi) is 8.68. The number of benzene rings is 1. The minimum absolute atomic E-state index is 0.0266. The molecule has 0 heterocycles. The van der Waals surface area contributed by atoms with E-state index in [0.29, 0.717) is 18.0 Å². The van der Waals surface area contributed by atoms with Gasteiger partial charge >= 0.3 is 6.09 Å². The van der Waals surface area contributed by atoms with Gasteiger partial charge in [-0.1, -0.05) is 39.8 Å². The van der Waals surface area contributed by atoms with Gasteiger partial charge in [-0.05, 0) is 12.1 Å². The third-order valence-corrected chi connectivity index (χ3v) is 4.26. The monoisotopic (exact) mass is 315 g/mol. The lowest BCUT2D eigenvalue weighted by Gasteiger charge is -2.05. The summed E-state index contributed by atoms with van der Waals surface area (Å²) in [6.07, 6.45) is -0.667. The van der Waals surface area contributed by atoms with Crippen LogP contribution in [0.4, 0.5) is 4.79 Å². The zero-order valence-electron chi connectivity index (χ0n) is 10.8. The van der Waals surface area contributed by atoms with Crippen molar-refractivity contribution in [2.75, 3.05) is 24.7 Å². The van der Waals surface area contributed by atoms with Crippen molar-refractivity contribution in [3.63, 3.8) is 0 Å². The van der Waals surface area contributed by atoms with E-state index in [-0.39, 0.29) is 12.6 Å². The first-order chi connectivity index (χ1) is 9.72. The molecule has 20 heavy (non-hydrogen) atoms. The van der Waals surface area contributed by atoms with Gasteiger partial charge in [0.25, 0.3) is 0 Å². The predicted octanol–water partition coefficient (Wildman–Crippen LogP) is 1.46. The maximum atomic E-state index is 11.5. The molecule has 0 unspecified atom stereocenters. The number of nitrogens with zero attached hydrogens (tertiary/aromatic N) is 1. The molecule has 0 aliphatic rings. The van der Waals surface area contributed by atoms with E-state index >= 15 is 0 Å². The fourth-order valence-corrected chi connectivity index (χ4v) is 2.75. The molecule has 4 N–H and O–H groups in total. The van der Waals surface area contributed by atoms with Crippen LogP contribution in [0.1, 0.15) is 0 Å². The molecule has 0 atom stereocenters. The lowest BCUT2D eigenvalue weighted by molar-refractivity contribution is 0.206. The van der Waals surface area contributed by atoms with Crippen molar-refractivity contribution < 1.29 is 14.6 Å². The number of hydrogen-bond acceptors (Lipinski definition) is 6. The molecule has 1 rings (SSSR count). The number of hydrogen-bond donors (Lipinski definition) is 3. The number of nitrogens with two attached hydrogens (primary N) is 1. The lowest BCUT2D eigenvalue weighted by atomic mass is 10.3. The summed E-state index contributed by atoms with van der Waals surface area (Å²) in [5, 5.41) is 10.9. The van der Waals surface area contributed by atoms with Crippen LogP contribution in [-0.4, -0.2) is 41.8 Å². The van der Waals surface area contributed by atoms with Crippen molar-refractivity contribution in [1.29, 1.82) is 0 Å². The van der Waals surface area contributed by atoms with E-state index < -0.39 is 6.09 Å². The standard InChI is InChI=1S/C12H17N3O3S2/c13-11(14-6-8-19-20-9-7-16)15-12(17)18-10-4-2-1-3-5-10/h1-5,16H,6-9H2,(H3,13,14,15,17). The van der Waals surface area contributed by atoms with Crippen molar-refractivity contribution in [2.45, 2.75) is 0 Å². The number of rotatable bonds is 7. The summed E-state index contributed by atoms with van der Waals surface area (Å²) in [4.78, 5) is 15.5. The maximum Gasteiger partial charge on any atom is 0.419 e. The number of para-hydroxylation sites is 1. The van der Waals surface area contributed by atoms with Crippen LogP contribution in [0.5, 0.6) is 5.75 Å². The summed E-state index contributed by atoms with van der Waals surface area (Å²) in [7, 11) is 3.16. The third kappa shape index (κ3) is 7.93. The van der Waals surface area contributed by atoms with E-state index in [4.69, 9.17) is 15.6 Å². The Bertz CT molecular complexity index is 429. The molecule has 0 aliphatic heterocycles. The van der Waals surface area contributed by atoms with E-state index in [1.807, 2.05) is 6.07 Å². The van der Waals surface area contributed by atoms with Crippen LogP contribution in [0.2, 0.25) is 0 Å². The number of aliphatic imine (C=N–C) groups is 1. The SMILES string of the molecule is NC(=NCCSSCCO)NC(=O)Oc1ccccc1. The molecule has 1 aromatic carbocycles. The molecular formula is C12H17N3O3S2. The van der Waals surface area contributed by atoms with Gasteiger partial charge in [0.15, 0.2) is 5.96 Å². The van der Waals surface area contributed by atoms with Crippen LogP contribution in [0, 0.1) is 0 Å². The number of carbonyl (C=O) groups is 1.